The first kappa shape index (κ1) is 10.1. The van der Waals surface area contributed by atoms with E-state index < -0.39 is 0 Å². The number of thiocarbonyl (C=S) groups is 1. The Morgan fingerprint density at radius 3 is 3.07 bits per heavy atom. The highest BCUT2D eigenvalue weighted by Crippen LogP contribution is 2.25. The molecule has 0 fully saturated rings. The van der Waals surface area contributed by atoms with Crippen LogP contribution in [0.2, 0.25) is 0 Å². The number of hydrazine groups is 1. The van der Waals surface area contributed by atoms with Gasteiger partial charge in [0.2, 0.25) is 5.13 Å². The Morgan fingerprint density at radius 2 is 2.33 bits per heavy atom. The van der Waals surface area contributed by atoms with Crippen molar-refractivity contribution in [1.29, 1.82) is 0 Å². The number of aromatic nitrogens is 1. The normalized spacial score (nSPS) is 10.2. The van der Waals surface area contributed by atoms with Crippen LogP contribution in [0.3, 0.4) is 0 Å². The van der Waals surface area contributed by atoms with E-state index in [9.17, 15) is 0 Å². The number of aryl methyl sites for hydroxylation is 1. The van der Waals surface area contributed by atoms with Crippen LogP contribution >= 0.6 is 23.6 Å². The van der Waals surface area contributed by atoms with Crippen molar-refractivity contribution in [2.75, 3.05) is 5.43 Å². The van der Waals surface area contributed by atoms with Gasteiger partial charge >= 0.3 is 0 Å². The van der Waals surface area contributed by atoms with Gasteiger partial charge in [0.15, 0.2) is 5.11 Å². The van der Waals surface area contributed by atoms with E-state index >= 15 is 0 Å². The molecule has 0 radical (unpaired) electrons. The molecule has 0 unspecified atom stereocenters. The minimum Gasteiger partial charge on any atom is -0.375 e. The highest BCUT2D eigenvalue weighted by molar-refractivity contribution is 7.80. The van der Waals surface area contributed by atoms with Crippen molar-refractivity contribution in [3.8, 4) is 0 Å². The zero-order valence-electron chi connectivity index (χ0n) is 8.07. The maximum absolute atomic E-state index is 5.29. The molecule has 0 atom stereocenters. The Bertz CT molecular complexity index is 506. The van der Waals surface area contributed by atoms with Crippen LogP contribution in [0.5, 0.6) is 0 Å². The lowest BCUT2D eigenvalue weighted by Gasteiger charge is -2.01. The largest absolute Gasteiger partial charge is 0.375 e. The molecule has 2 aromatic rings. The van der Waals surface area contributed by atoms with Crippen LogP contribution in [0.1, 0.15) is 5.56 Å². The van der Waals surface area contributed by atoms with Gasteiger partial charge in [-0.05, 0) is 36.8 Å². The average Bonchev–Trinajstić information content (AvgIpc) is 2.56. The van der Waals surface area contributed by atoms with Crippen LogP contribution in [0, 0.1) is 6.92 Å². The van der Waals surface area contributed by atoms with E-state index in [0.717, 1.165) is 15.3 Å². The lowest BCUT2D eigenvalue weighted by Crippen LogP contribution is -2.33. The summed E-state index contributed by atoms with van der Waals surface area (Å²) in [6.07, 6.45) is 0. The highest BCUT2D eigenvalue weighted by Gasteiger charge is 2.02. The number of nitrogens with zero attached hydrogens (tertiary/aromatic N) is 1. The summed E-state index contributed by atoms with van der Waals surface area (Å²) in [6, 6.07) is 6.15. The number of nitrogens with two attached hydrogens (primary N) is 1. The quantitative estimate of drug-likeness (QED) is 0.550. The zero-order valence-corrected chi connectivity index (χ0v) is 9.71. The molecule has 2 rings (SSSR count). The van der Waals surface area contributed by atoms with Crippen LogP contribution < -0.4 is 16.6 Å². The fourth-order valence-electron chi connectivity index (χ4n) is 1.21. The van der Waals surface area contributed by atoms with Gasteiger partial charge in [-0.1, -0.05) is 17.4 Å². The Labute approximate surface area is 96.5 Å². The second kappa shape index (κ2) is 4.00. The van der Waals surface area contributed by atoms with Crippen LogP contribution in [0.15, 0.2) is 18.2 Å². The molecule has 0 aliphatic rings. The topological polar surface area (TPSA) is 63.0 Å². The van der Waals surface area contributed by atoms with Gasteiger partial charge < -0.3 is 5.73 Å². The minimum absolute atomic E-state index is 0.199. The van der Waals surface area contributed by atoms with E-state index in [-0.39, 0.29) is 5.11 Å². The molecular formula is C9H10N4S2. The molecule has 0 spiro atoms. The van der Waals surface area contributed by atoms with Gasteiger partial charge in [-0.25, -0.2) is 4.98 Å². The van der Waals surface area contributed by atoms with Gasteiger partial charge in [0.25, 0.3) is 0 Å². The third-order valence-corrected chi connectivity index (χ3v) is 2.89. The summed E-state index contributed by atoms with van der Waals surface area (Å²) in [5.74, 6) is 0. The van der Waals surface area contributed by atoms with E-state index in [1.54, 1.807) is 11.3 Å². The fraction of sp³-hybridized carbons (Fsp3) is 0.111. The SMILES string of the molecule is Cc1ccc2sc(NNC(N)=S)nc2c1. The van der Waals surface area contributed by atoms with E-state index in [0.29, 0.717) is 0 Å². The number of thiazole rings is 1. The van der Waals surface area contributed by atoms with E-state index in [1.807, 2.05) is 19.1 Å². The molecule has 4 N–H and O–H groups in total. The number of hydrogen-bond donors (Lipinski definition) is 3. The van der Waals surface area contributed by atoms with Crippen molar-refractivity contribution in [3.05, 3.63) is 23.8 Å². The molecule has 0 amide bonds. The third kappa shape index (κ3) is 2.34. The van der Waals surface area contributed by atoms with Gasteiger partial charge in [0.05, 0.1) is 10.2 Å². The standard InChI is InChI=1S/C9H10N4S2/c1-5-2-3-7-6(4-5)11-9(15-7)13-12-8(10)14/h2-4H,1H3,(H,11,13)(H3,10,12,14). The van der Waals surface area contributed by atoms with Gasteiger partial charge in [-0.3, -0.25) is 10.9 Å². The number of anilines is 1. The first-order valence-corrected chi connectivity index (χ1v) is 5.56. The molecule has 0 bridgehead atoms. The lowest BCUT2D eigenvalue weighted by molar-refractivity contribution is 1.12. The summed E-state index contributed by atoms with van der Waals surface area (Å²) < 4.78 is 1.13. The van der Waals surface area contributed by atoms with Gasteiger partial charge in [-0.2, -0.15) is 0 Å². The molecule has 4 nitrogen and oxygen atoms in total. The average molecular weight is 238 g/mol. The predicted molar refractivity (Wildman–Crippen MR) is 67.9 cm³/mol. The Kier molecular flexibility index (Phi) is 2.70. The fourth-order valence-corrected chi connectivity index (χ4v) is 2.06. The van der Waals surface area contributed by atoms with Crippen molar-refractivity contribution >= 4 is 44.0 Å². The summed E-state index contributed by atoms with van der Waals surface area (Å²) in [4.78, 5) is 4.38. The predicted octanol–water partition coefficient (Wildman–Crippen LogP) is 1.76. The number of nitrogens with one attached hydrogen (secondary N) is 2. The Balaban J connectivity index is 2.27. The Hall–Kier alpha value is -1.40. The highest BCUT2D eigenvalue weighted by atomic mass is 32.1. The molecule has 1 aromatic heterocycles. The van der Waals surface area contributed by atoms with Gasteiger partial charge in [0.1, 0.15) is 0 Å². The van der Waals surface area contributed by atoms with E-state index in [4.69, 9.17) is 5.73 Å². The van der Waals surface area contributed by atoms with Crippen molar-refractivity contribution in [2.24, 2.45) is 5.73 Å². The van der Waals surface area contributed by atoms with Crippen LogP contribution in [0.25, 0.3) is 10.2 Å². The maximum Gasteiger partial charge on any atom is 0.202 e. The first-order chi connectivity index (χ1) is 7.15. The number of rotatable bonds is 2. The molecule has 0 saturated carbocycles. The maximum atomic E-state index is 5.29. The second-order valence-corrected chi connectivity index (χ2v) is 4.57. The molecule has 0 aliphatic heterocycles. The molecular weight excluding hydrogens is 228 g/mol. The number of benzene rings is 1. The smallest absolute Gasteiger partial charge is 0.202 e. The third-order valence-electron chi connectivity index (χ3n) is 1.84. The van der Waals surface area contributed by atoms with Gasteiger partial charge in [0, 0.05) is 0 Å². The summed E-state index contributed by atoms with van der Waals surface area (Å²) in [7, 11) is 0. The van der Waals surface area contributed by atoms with Crippen molar-refractivity contribution in [2.45, 2.75) is 6.92 Å². The minimum atomic E-state index is 0.199. The summed E-state index contributed by atoms with van der Waals surface area (Å²) >= 11 is 6.23. The van der Waals surface area contributed by atoms with E-state index in [1.165, 1.54) is 5.56 Å². The second-order valence-electron chi connectivity index (χ2n) is 3.10. The summed E-state index contributed by atoms with van der Waals surface area (Å²) in [6.45, 7) is 2.04. The number of hydrogen-bond acceptors (Lipinski definition) is 4. The van der Waals surface area contributed by atoms with Crippen LogP contribution in [-0.2, 0) is 0 Å². The molecule has 1 heterocycles. The van der Waals surface area contributed by atoms with E-state index in [2.05, 4.69) is 34.1 Å². The summed E-state index contributed by atoms with van der Waals surface area (Å²) in [5.41, 5.74) is 13.0. The van der Waals surface area contributed by atoms with Gasteiger partial charge in [-0.15, -0.1) is 0 Å². The van der Waals surface area contributed by atoms with Crippen LogP contribution in [-0.4, -0.2) is 10.1 Å². The molecule has 15 heavy (non-hydrogen) atoms. The zero-order chi connectivity index (χ0) is 10.8. The van der Waals surface area contributed by atoms with Crippen LogP contribution in [0.4, 0.5) is 5.13 Å². The number of fused-ring (bicyclic) bond motifs is 1. The molecule has 0 saturated heterocycles. The lowest BCUT2D eigenvalue weighted by atomic mass is 10.2. The summed E-state index contributed by atoms with van der Waals surface area (Å²) in [5, 5.41) is 0.953. The molecule has 6 heteroatoms. The molecule has 0 aliphatic carbocycles. The molecule has 1 aromatic carbocycles. The molecule has 78 valence electrons. The monoisotopic (exact) mass is 238 g/mol. The Morgan fingerprint density at radius 1 is 1.53 bits per heavy atom. The van der Waals surface area contributed by atoms with Crippen molar-refractivity contribution in [1.82, 2.24) is 10.4 Å². The van der Waals surface area contributed by atoms with Crippen molar-refractivity contribution in [3.63, 3.8) is 0 Å². The van der Waals surface area contributed by atoms with Crippen molar-refractivity contribution < 1.29 is 0 Å². The first-order valence-electron chi connectivity index (χ1n) is 4.34.